The molecule has 0 N–H and O–H groups in total. The molecule has 0 amide bonds. The lowest BCUT2D eigenvalue weighted by Gasteiger charge is -2.08. The molecule has 0 fully saturated rings. The lowest BCUT2D eigenvalue weighted by molar-refractivity contribution is 0.416. The number of methoxy groups -OCH3 is 1. The second-order valence-corrected chi connectivity index (χ2v) is 6.08. The third-order valence-corrected chi connectivity index (χ3v) is 4.58. The summed E-state index contributed by atoms with van der Waals surface area (Å²) >= 11 is 1.70. The number of hydrogen-bond acceptors (Lipinski definition) is 5. The highest BCUT2D eigenvalue weighted by molar-refractivity contribution is 7.99. The van der Waals surface area contributed by atoms with E-state index >= 15 is 0 Å². The van der Waals surface area contributed by atoms with Crippen LogP contribution in [0.1, 0.15) is 5.56 Å². The molecule has 2 heterocycles. The van der Waals surface area contributed by atoms with Gasteiger partial charge in [-0.05, 0) is 36.2 Å². The van der Waals surface area contributed by atoms with E-state index in [4.69, 9.17) is 4.74 Å². The summed E-state index contributed by atoms with van der Waals surface area (Å²) in [6, 6.07) is 11.9. The van der Waals surface area contributed by atoms with Crippen molar-refractivity contribution < 1.29 is 4.74 Å². The average Bonchev–Trinajstić information content (AvgIpc) is 2.96. The van der Waals surface area contributed by atoms with E-state index in [2.05, 4.69) is 15.2 Å². The Balaban J connectivity index is 1.72. The first-order valence-corrected chi connectivity index (χ1v) is 8.32. The minimum absolute atomic E-state index is 0.802. The zero-order valence-corrected chi connectivity index (χ0v) is 14.0. The lowest BCUT2D eigenvalue weighted by atomic mass is 10.2. The molecule has 5 nitrogen and oxygen atoms in total. The summed E-state index contributed by atoms with van der Waals surface area (Å²) < 4.78 is 7.42. The summed E-state index contributed by atoms with van der Waals surface area (Å²) in [5, 5.41) is 9.53. The number of benzene rings is 1. The number of aromatic nitrogens is 4. The first kappa shape index (κ1) is 15.6. The van der Waals surface area contributed by atoms with E-state index in [1.165, 1.54) is 5.56 Å². The summed E-state index contributed by atoms with van der Waals surface area (Å²) in [6.45, 7) is 0. The van der Waals surface area contributed by atoms with E-state index in [9.17, 15) is 0 Å². The quantitative estimate of drug-likeness (QED) is 0.651. The van der Waals surface area contributed by atoms with Gasteiger partial charge in [0.1, 0.15) is 5.75 Å². The van der Waals surface area contributed by atoms with Gasteiger partial charge in [-0.25, -0.2) is 0 Å². The van der Waals surface area contributed by atoms with Gasteiger partial charge in [0.25, 0.3) is 0 Å². The Kier molecular flexibility index (Phi) is 4.92. The minimum atomic E-state index is 0.802. The van der Waals surface area contributed by atoms with Crippen molar-refractivity contribution in [3.8, 4) is 17.1 Å². The zero-order valence-electron chi connectivity index (χ0n) is 13.1. The molecule has 0 aliphatic heterocycles. The number of para-hydroxylation sites is 1. The third kappa shape index (κ3) is 3.53. The van der Waals surface area contributed by atoms with Crippen molar-refractivity contribution >= 4 is 11.8 Å². The second-order valence-electron chi connectivity index (χ2n) is 5.02. The number of ether oxygens (including phenoxy) is 1. The van der Waals surface area contributed by atoms with Crippen molar-refractivity contribution in [3.05, 3.63) is 54.4 Å². The molecule has 23 heavy (non-hydrogen) atoms. The Morgan fingerprint density at radius 3 is 2.65 bits per heavy atom. The molecule has 0 radical (unpaired) electrons. The van der Waals surface area contributed by atoms with Crippen LogP contribution in [0.15, 0.2) is 53.9 Å². The van der Waals surface area contributed by atoms with Crippen LogP contribution in [-0.4, -0.2) is 32.6 Å². The zero-order chi connectivity index (χ0) is 16.1. The smallest absolute Gasteiger partial charge is 0.191 e. The summed E-state index contributed by atoms with van der Waals surface area (Å²) in [7, 11) is 3.65. The SMILES string of the molecule is COc1ccccc1-c1nnc(SCCc2ccncc2)n1C. The Morgan fingerprint density at radius 1 is 1.09 bits per heavy atom. The van der Waals surface area contributed by atoms with Gasteiger partial charge in [-0.15, -0.1) is 10.2 Å². The van der Waals surface area contributed by atoms with Gasteiger partial charge < -0.3 is 9.30 Å². The van der Waals surface area contributed by atoms with Crippen LogP contribution in [0.5, 0.6) is 5.75 Å². The van der Waals surface area contributed by atoms with Gasteiger partial charge in [-0.2, -0.15) is 0 Å². The molecule has 3 rings (SSSR count). The Morgan fingerprint density at radius 2 is 1.87 bits per heavy atom. The molecule has 0 spiro atoms. The van der Waals surface area contributed by atoms with Crippen LogP contribution in [0, 0.1) is 0 Å². The summed E-state index contributed by atoms with van der Waals surface area (Å²) in [5.74, 6) is 2.56. The van der Waals surface area contributed by atoms with Gasteiger partial charge in [0.15, 0.2) is 11.0 Å². The number of hydrogen-bond donors (Lipinski definition) is 0. The molecular formula is C17H18N4OS. The Bertz CT molecular complexity index is 773. The van der Waals surface area contributed by atoms with Gasteiger partial charge in [0.2, 0.25) is 0 Å². The predicted molar refractivity (Wildman–Crippen MR) is 91.7 cm³/mol. The van der Waals surface area contributed by atoms with Crippen molar-refractivity contribution in [1.82, 2.24) is 19.7 Å². The first-order chi connectivity index (χ1) is 11.3. The molecule has 3 aromatic rings. The number of pyridine rings is 1. The summed E-state index contributed by atoms with van der Waals surface area (Å²) in [4.78, 5) is 4.03. The fourth-order valence-electron chi connectivity index (χ4n) is 2.31. The number of aryl methyl sites for hydroxylation is 1. The van der Waals surface area contributed by atoms with Crippen LogP contribution >= 0.6 is 11.8 Å². The number of thioether (sulfide) groups is 1. The first-order valence-electron chi connectivity index (χ1n) is 7.34. The van der Waals surface area contributed by atoms with Gasteiger partial charge >= 0.3 is 0 Å². The third-order valence-electron chi connectivity index (χ3n) is 3.55. The van der Waals surface area contributed by atoms with Crippen LogP contribution in [0.25, 0.3) is 11.4 Å². The standard InChI is InChI=1S/C17H18N4OS/c1-21-16(14-5-3-4-6-15(14)22-2)19-20-17(21)23-12-9-13-7-10-18-11-8-13/h3-8,10-11H,9,12H2,1-2H3. The van der Waals surface area contributed by atoms with Crippen LogP contribution in [0.3, 0.4) is 0 Å². The van der Waals surface area contributed by atoms with Crippen LogP contribution < -0.4 is 4.74 Å². The van der Waals surface area contributed by atoms with Gasteiger partial charge in [0, 0.05) is 25.2 Å². The van der Waals surface area contributed by atoms with E-state index in [1.807, 2.05) is 60.4 Å². The van der Waals surface area contributed by atoms with Crippen LogP contribution in [0.4, 0.5) is 0 Å². The van der Waals surface area contributed by atoms with Crippen LogP contribution in [-0.2, 0) is 13.5 Å². The van der Waals surface area contributed by atoms with Gasteiger partial charge in [-0.3, -0.25) is 4.98 Å². The van der Waals surface area contributed by atoms with E-state index in [0.717, 1.165) is 34.5 Å². The fourth-order valence-corrected chi connectivity index (χ4v) is 3.21. The molecule has 0 aliphatic carbocycles. The van der Waals surface area contributed by atoms with Crippen molar-refractivity contribution in [3.63, 3.8) is 0 Å². The van der Waals surface area contributed by atoms with E-state index in [-0.39, 0.29) is 0 Å². The molecule has 0 aliphatic rings. The van der Waals surface area contributed by atoms with Crippen LogP contribution in [0.2, 0.25) is 0 Å². The van der Waals surface area contributed by atoms with E-state index < -0.39 is 0 Å². The highest BCUT2D eigenvalue weighted by Crippen LogP contribution is 2.30. The maximum atomic E-state index is 5.41. The van der Waals surface area contributed by atoms with Crippen molar-refractivity contribution in [2.24, 2.45) is 7.05 Å². The highest BCUT2D eigenvalue weighted by Gasteiger charge is 2.14. The largest absolute Gasteiger partial charge is 0.496 e. The molecule has 1 aromatic carbocycles. The fraction of sp³-hybridized carbons (Fsp3) is 0.235. The molecule has 0 saturated heterocycles. The lowest BCUT2D eigenvalue weighted by Crippen LogP contribution is -1.98. The number of nitrogens with zero attached hydrogens (tertiary/aromatic N) is 4. The normalized spacial score (nSPS) is 10.7. The molecule has 0 unspecified atom stereocenters. The number of rotatable bonds is 6. The van der Waals surface area contributed by atoms with E-state index in [1.54, 1.807) is 18.9 Å². The Hall–Kier alpha value is -2.34. The van der Waals surface area contributed by atoms with Gasteiger partial charge in [-0.1, -0.05) is 23.9 Å². The Labute approximate surface area is 139 Å². The van der Waals surface area contributed by atoms with Crippen molar-refractivity contribution in [1.29, 1.82) is 0 Å². The predicted octanol–water partition coefficient (Wildman–Crippen LogP) is 3.22. The molecule has 2 aromatic heterocycles. The van der Waals surface area contributed by atoms with Crippen molar-refractivity contribution in [2.45, 2.75) is 11.6 Å². The maximum absolute atomic E-state index is 5.41. The summed E-state index contributed by atoms with van der Waals surface area (Å²) in [6.07, 6.45) is 4.62. The molecular weight excluding hydrogens is 308 g/mol. The molecule has 6 heteroatoms. The second kappa shape index (κ2) is 7.28. The molecule has 0 saturated carbocycles. The molecule has 118 valence electrons. The monoisotopic (exact) mass is 326 g/mol. The summed E-state index contributed by atoms with van der Waals surface area (Å²) in [5.41, 5.74) is 2.23. The minimum Gasteiger partial charge on any atom is -0.496 e. The maximum Gasteiger partial charge on any atom is 0.191 e. The molecule has 0 atom stereocenters. The topological polar surface area (TPSA) is 52.8 Å². The van der Waals surface area contributed by atoms with Crippen molar-refractivity contribution in [2.75, 3.05) is 12.9 Å². The van der Waals surface area contributed by atoms with Gasteiger partial charge in [0.05, 0.1) is 12.7 Å². The average molecular weight is 326 g/mol. The molecule has 0 bridgehead atoms. The van der Waals surface area contributed by atoms with E-state index in [0.29, 0.717) is 0 Å². The highest BCUT2D eigenvalue weighted by atomic mass is 32.2.